The highest BCUT2D eigenvalue weighted by Gasteiger charge is 2.28. The number of carbonyl (C=O) groups is 2. The maximum atomic E-state index is 13.0. The number of anilines is 1. The molecule has 1 heterocycles. The third-order valence-corrected chi connectivity index (χ3v) is 7.29. The average Bonchev–Trinajstić information content (AvgIpc) is 3.19. The average molecular weight is 479 g/mol. The topological polar surface area (TPSA) is 92.8 Å². The van der Waals surface area contributed by atoms with Gasteiger partial charge in [0.05, 0.1) is 15.6 Å². The minimum absolute atomic E-state index is 0.00520. The number of nitrogens with one attached hydrogen (secondary N) is 1. The highest BCUT2D eigenvalue weighted by atomic mass is 35.5. The Bertz CT molecular complexity index is 1190. The summed E-state index contributed by atoms with van der Waals surface area (Å²) in [6.07, 6.45) is -1.18. The quantitative estimate of drug-likeness (QED) is 0.514. The molecule has 1 amide bonds. The molecule has 0 aliphatic heterocycles. The van der Waals surface area contributed by atoms with Gasteiger partial charge >= 0.3 is 5.97 Å². The fourth-order valence-electron chi connectivity index (χ4n) is 2.68. The van der Waals surface area contributed by atoms with Gasteiger partial charge < -0.3 is 9.64 Å². The largest absolute Gasteiger partial charge is 0.444 e. The second kappa shape index (κ2) is 9.51. The van der Waals surface area contributed by atoms with E-state index in [4.69, 9.17) is 16.3 Å². The number of hydrogen-bond acceptors (Lipinski definition) is 6. The van der Waals surface area contributed by atoms with Gasteiger partial charge in [-0.1, -0.05) is 54.1 Å². The van der Waals surface area contributed by atoms with Gasteiger partial charge in [-0.15, -0.1) is 11.3 Å². The van der Waals surface area contributed by atoms with Gasteiger partial charge in [0.25, 0.3) is 15.9 Å². The highest BCUT2D eigenvalue weighted by molar-refractivity contribution is 7.94. The Morgan fingerprint density at radius 3 is 2.26 bits per heavy atom. The van der Waals surface area contributed by atoms with Crippen LogP contribution >= 0.6 is 22.9 Å². The molecule has 1 aromatic heterocycles. The Labute approximate surface area is 189 Å². The molecule has 0 aliphatic rings. The predicted octanol–water partition coefficient (Wildman–Crippen LogP) is 4.19. The van der Waals surface area contributed by atoms with Gasteiger partial charge in [0, 0.05) is 19.7 Å². The predicted molar refractivity (Wildman–Crippen MR) is 120 cm³/mol. The van der Waals surface area contributed by atoms with Gasteiger partial charge in [-0.2, -0.15) is 0 Å². The van der Waals surface area contributed by atoms with Crippen molar-refractivity contribution in [2.75, 3.05) is 18.8 Å². The molecule has 0 fully saturated rings. The smallest absolute Gasteiger partial charge is 0.341 e. The van der Waals surface area contributed by atoms with Gasteiger partial charge in [-0.3, -0.25) is 9.52 Å². The SMILES string of the molecule is CN(C)C(=O)C(OC(=O)c1ccccc1NS(=O)(=O)c1ccc(Cl)s1)c1ccccc1. The van der Waals surface area contributed by atoms with Crippen molar-refractivity contribution in [2.24, 2.45) is 0 Å². The maximum Gasteiger partial charge on any atom is 0.341 e. The van der Waals surface area contributed by atoms with Crippen LogP contribution in [0.25, 0.3) is 0 Å². The lowest BCUT2D eigenvalue weighted by Gasteiger charge is -2.22. The number of carbonyl (C=O) groups excluding carboxylic acids is 2. The molecule has 1 atom stereocenters. The molecule has 0 bridgehead atoms. The van der Waals surface area contributed by atoms with Gasteiger partial charge in [0.2, 0.25) is 6.10 Å². The number of hydrogen-bond donors (Lipinski definition) is 1. The molecule has 0 aliphatic carbocycles. The normalized spacial score (nSPS) is 12.1. The number of nitrogens with zero attached hydrogens (tertiary/aromatic N) is 1. The fourth-order valence-corrected chi connectivity index (χ4v) is 5.24. The first kappa shape index (κ1) is 22.8. The van der Waals surface area contributed by atoms with E-state index in [9.17, 15) is 18.0 Å². The number of ether oxygens (including phenoxy) is 1. The van der Waals surface area contributed by atoms with Crippen molar-refractivity contribution in [3.8, 4) is 0 Å². The first-order chi connectivity index (χ1) is 14.7. The summed E-state index contributed by atoms with van der Waals surface area (Å²) in [6, 6.07) is 17.4. The summed E-state index contributed by atoms with van der Waals surface area (Å²) in [5.41, 5.74) is 0.503. The fraction of sp³-hybridized carbons (Fsp3) is 0.143. The number of thiophene rings is 1. The minimum atomic E-state index is -3.96. The van der Waals surface area contributed by atoms with Crippen LogP contribution in [-0.2, 0) is 19.6 Å². The van der Waals surface area contributed by atoms with E-state index in [2.05, 4.69) is 4.72 Å². The number of halogens is 1. The molecule has 3 rings (SSSR count). The van der Waals surface area contributed by atoms with Crippen LogP contribution in [0.4, 0.5) is 5.69 Å². The Balaban J connectivity index is 1.90. The molecule has 162 valence electrons. The zero-order valence-electron chi connectivity index (χ0n) is 16.6. The summed E-state index contributed by atoms with van der Waals surface area (Å²) < 4.78 is 33.6. The third kappa shape index (κ3) is 5.43. The van der Waals surface area contributed by atoms with Gasteiger partial charge in [-0.25, -0.2) is 13.2 Å². The standard InChI is InChI=1S/C21H19ClN2O5S2/c1-24(2)20(25)19(14-8-4-3-5-9-14)29-21(26)15-10-6-7-11-16(15)23-31(27,28)18-13-12-17(22)30-18/h3-13,19,23H,1-2H3. The van der Waals surface area contributed by atoms with Crippen molar-refractivity contribution >= 4 is 50.5 Å². The van der Waals surface area contributed by atoms with E-state index in [0.717, 1.165) is 11.3 Å². The van der Waals surface area contributed by atoms with Crippen LogP contribution < -0.4 is 4.72 Å². The van der Waals surface area contributed by atoms with E-state index in [1.54, 1.807) is 56.6 Å². The zero-order valence-corrected chi connectivity index (χ0v) is 19.0. The number of sulfonamides is 1. The van der Waals surface area contributed by atoms with Crippen molar-refractivity contribution in [1.82, 2.24) is 4.90 Å². The molecule has 0 saturated heterocycles. The van der Waals surface area contributed by atoms with Crippen LogP contribution in [0.1, 0.15) is 22.0 Å². The van der Waals surface area contributed by atoms with Gasteiger partial charge in [0.1, 0.15) is 4.21 Å². The number of esters is 1. The Morgan fingerprint density at radius 2 is 1.65 bits per heavy atom. The van der Waals surface area contributed by atoms with Crippen LogP contribution in [0.2, 0.25) is 4.34 Å². The summed E-state index contributed by atoms with van der Waals surface area (Å²) in [5.74, 6) is -1.27. The van der Waals surface area contributed by atoms with Crippen LogP contribution in [0, 0.1) is 0 Å². The number of benzene rings is 2. The van der Waals surface area contributed by atoms with Gasteiger partial charge in [-0.05, 0) is 24.3 Å². The first-order valence-electron chi connectivity index (χ1n) is 9.03. The molecule has 0 spiro atoms. The lowest BCUT2D eigenvalue weighted by molar-refractivity contribution is -0.138. The van der Waals surface area contributed by atoms with E-state index in [1.165, 1.54) is 29.2 Å². The van der Waals surface area contributed by atoms with E-state index in [1.807, 2.05) is 0 Å². The molecule has 10 heteroatoms. The van der Waals surface area contributed by atoms with Crippen molar-refractivity contribution < 1.29 is 22.7 Å². The Morgan fingerprint density at radius 1 is 1.00 bits per heavy atom. The van der Waals surface area contributed by atoms with Crippen molar-refractivity contribution in [3.63, 3.8) is 0 Å². The first-order valence-corrected chi connectivity index (χ1v) is 11.7. The van der Waals surface area contributed by atoms with E-state index < -0.39 is 28.0 Å². The lowest BCUT2D eigenvalue weighted by atomic mass is 10.1. The molecule has 1 unspecified atom stereocenters. The third-order valence-electron chi connectivity index (χ3n) is 4.20. The molecule has 7 nitrogen and oxygen atoms in total. The second-order valence-electron chi connectivity index (χ2n) is 6.64. The van der Waals surface area contributed by atoms with Crippen molar-refractivity contribution in [3.05, 3.63) is 82.2 Å². The summed E-state index contributed by atoms with van der Waals surface area (Å²) in [6.45, 7) is 0. The van der Waals surface area contributed by atoms with Crippen molar-refractivity contribution in [1.29, 1.82) is 0 Å². The van der Waals surface area contributed by atoms with Crippen LogP contribution in [0.3, 0.4) is 0 Å². The van der Waals surface area contributed by atoms with Crippen LogP contribution in [-0.4, -0.2) is 39.3 Å². The maximum absolute atomic E-state index is 13.0. The molecular formula is C21H19ClN2O5S2. The summed E-state index contributed by atoms with van der Waals surface area (Å²) in [4.78, 5) is 26.9. The van der Waals surface area contributed by atoms with Gasteiger partial charge in [0.15, 0.2) is 0 Å². The van der Waals surface area contributed by atoms with Crippen molar-refractivity contribution in [2.45, 2.75) is 10.3 Å². The number of rotatable bonds is 7. The molecule has 2 aromatic carbocycles. The highest BCUT2D eigenvalue weighted by Crippen LogP contribution is 2.29. The molecule has 0 saturated carbocycles. The van der Waals surface area contributed by atoms with Crippen LogP contribution in [0.5, 0.6) is 0 Å². The molecular weight excluding hydrogens is 460 g/mol. The molecule has 0 radical (unpaired) electrons. The lowest BCUT2D eigenvalue weighted by Crippen LogP contribution is -2.31. The van der Waals surface area contributed by atoms with Crippen LogP contribution in [0.15, 0.2) is 70.9 Å². The summed E-state index contributed by atoms with van der Waals surface area (Å²) >= 11 is 6.73. The van der Waals surface area contributed by atoms with E-state index >= 15 is 0 Å². The monoisotopic (exact) mass is 478 g/mol. The number of likely N-dealkylation sites (N-methyl/N-ethyl adjacent to an activating group) is 1. The molecule has 1 N–H and O–H groups in total. The zero-order chi connectivity index (χ0) is 22.6. The number of para-hydroxylation sites is 1. The minimum Gasteiger partial charge on any atom is -0.444 e. The van der Waals surface area contributed by atoms with E-state index in [0.29, 0.717) is 9.90 Å². The molecule has 3 aromatic rings. The Hall–Kier alpha value is -2.88. The summed E-state index contributed by atoms with van der Waals surface area (Å²) in [7, 11) is -0.846. The number of amides is 1. The van der Waals surface area contributed by atoms with E-state index in [-0.39, 0.29) is 15.5 Å². The second-order valence-corrected chi connectivity index (χ2v) is 10.3. The Kier molecular flexibility index (Phi) is 6.99. The molecule has 31 heavy (non-hydrogen) atoms. The summed E-state index contributed by atoms with van der Waals surface area (Å²) in [5, 5.41) is 0.